The van der Waals surface area contributed by atoms with Crippen molar-refractivity contribution in [3.8, 4) is 0 Å². The van der Waals surface area contributed by atoms with Crippen LogP contribution in [0.2, 0.25) is 0 Å². The standard InChI is InChI=1S/C17H24N2O/c20-17(18-14-8-3-1-2-4-9-14)16-12-11-13-7-5-6-10-15(13)19-16/h5-7,10,14,16,19H,1-4,8-9,11-12H2,(H,18,20). The summed E-state index contributed by atoms with van der Waals surface area (Å²) in [5.74, 6) is 0.186. The second-order valence-electron chi connectivity index (χ2n) is 6.09. The average Bonchev–Trinajstić information content (AvgIpc) is 2.75. The highest BCUT2D eigenvalue weighted by molar-refractivity contribution is 5.85. The lowest BCUT2D eigenvalue weighted by Crippen LogP contribution is -2.45. The monoisotopic (exact) mass is 272 g/mol. The summed E-state index contributed by atoms with van der Waals surface area (Å²) >= 11 is 0. The molecule has 108 valence electrons. The van der Waals surface area contributed by atoms with Crippen molar-refractivity contribution in [3.63, 3.8) is 0 Å². The second-order valence-corrected chi connectivity index (χ2v) is 6.09. The summed E-state index contributed by atoms with van der Waals surface area (Å²) in [6, 6.07) is 8.63. The smallest absolute Gasteiger partial charge is 0.242 e. The van der Waals surface area contributed by atoms with E-state index >= 15 is 0 Å². The quantitative estimate of drug-likeness (QED) is 0.811. The first-order valence-corrected chi connectivity index (χ1v) is 7.98. The van der Waals surface area contributed by atoms with Crippen LogP contribution in [-0.2, 0) is 11.2 Å². The van der Waals surface area contributed by atoms with Gasteiger partial charge in [0.1, 0.15) is 6.04 Å². The first kappa shape index (κ1) is 13.5. The summed E-state index contributed by atoms with van der Waals surface area (Å²) in [5.41, 5.74) is 2.45. The Kier molecular flexibility index (Phi) is 4.24. The van der Waals surface area contributed by atoms with Crippen LogP contribution >= 0.6 is 0 Å². The molecule has 1 aromatic carbocycles. The summed E-state index contributed by atoms with van der Waals surface area (Å²) in [7, 11) is 0. The van der Waals surface area contributed by atoms with Gasteiger partial charge in [-0.3, -0.25) is 4.79 Å². The van der Waals surface area contributed by atoms with Crippen LogP contribution in [-0.4, -0.2) is 18.0 Å². The fraction of sp³-hybridized carbons (Fsp3) is 0.588. The van der Waals surface area contributed by atoms with Crippen molar-refractivity contribution in [2.75, 3.05) is 5.32 Å². The molecular weight excluding hydrogens is 248 g/mol. The van der Waals surface area contributed by atoms with Crippen LogP contribution in [0.15, 0.2) is 24.3 Å². The van der Waals surface area contributed by atoms with Crippen molar-refractivity contribution in [1.82, 2.24) is 5.32 Å². The SMILES string of the molecule is O=C(NC1CCCCCC1)C1CCc2ccccc2N1. The summed E-state index contributed by atoms with van der Waals surface area (Å²) in [6.07, 6.45) is 9.34. The number of anilines is 1. The molecule has 0 aromatic heterocycles. The van der Waals surface area contributed by atoms with Crippen LogP contribution in [0.25, 0.3) is 0 Å². The van der Waals surface area contributed by atoms with Gasteiger partial charge in [-0.25, -0.2) is 0 Å². The zero-order chi connectivity index (χ0) is 13.8. The number of rotatable bonds is 2. The van der Waals surface area contributed by atoms with E-state index in [1.807, 2.05) is 6.07 Å². The minimum absolute atomic E-state index is 0.0619. The topological polar surface area (TPSA) is 41.1 Å². The molecule has 3 heteroatoms. The summed E-state index contributed by atoms with van der Waals surface area (Å²) < 4.78 is 0. The molecular formula is C17H24N2O. The molecule has 1 aliphatic carbocycles. The number of amides is 1. The maximum Gasteiger partial charge on any atom is 0.242 e. The Morgan fingerprint density at radius 2 is 1.80 bits per heavy atom. The molecule has 1 atom stereocenters. The molecule has 1 fully saturated rings. The number of fused-ring (bicyclic) bond motifs is 1. The Bertz CT molecular complexity index is 464. The molecule has 1 heterocycles. The molecule has 1 amide bonds. The molecule has 0 saturated heterocycles. The Labute approximate surface area is 121 Å². The number of aryl methyl sites for hydroxylation is 1. The molecule has 0 spiro atoms. The van der Waals surface area contributed by atoms with Crippen LogP contribution in [0.3, 0.4) is 0 Å². The summed E-state index contributed by atoms with van der Waals surface area (Å²) in [6.45, 7) is 0. The van der Waals surface area contributed by atoms with Gasteiger partial charge in [0.15, 0.2) is 0 Å². The fourth-order valence-electron chi connectivity index (χ4n) is 3.36. The predicted octanol–water partition coefficient (Wildman–Crippen LogP) is 3.25. The Balaban J connectivity index is 1.58. The Morgan fingerprint density at radius 3 is 2.60 bits per heavy atom. The number of carbonyl (C=O) groups is 1. The molecule has 2 aliphatic rings. The Hall–Kier alpha value is -1.51. The molecule has 3 rings (SSSR count). The van der Waals surface area contributed by atoms with Gasteiger partial charge >= 0.3 is 0 Å². The molecule has 3 nitrogen and oxygen atoms in total. The number of hydrogen-bond donors (Lipinski definition) is 2. The first-order chi connectivity index (χ1) is 9.83. The number of para-hydroxylation sites is 1. The van der Waals surface area contributed by atoms with Crippen LogP contribution in [0.5, 0.6) is 0 Å². The van der Waals surface area contributed by atoms with E-state index in [-0.39, 0.29) is 11.9 Å². The molecule has 0 radical (unpaired) electrons. The van der Waals surface area contributed by atoms with E-state index in [2.05, 4.69) is 28.8 Å². The fourth-order valence-corrected chi connectivity index (χ4v) is 3.36. The maximum absolute atomic E-state index is 12.4. The van der Waals surface area contributed by atoms with Crippen molar-refractivity contribution in [3.05, 3.63) is 29.8 Å². The molecule has 0 bridgehead atoms. The van der Waals surface area contributed by atoms with Gasteiger partial charge in [-0.05, 0) is 37.3 Å². The molecule has 1 saturated carbocycles. The van der Waals surface area contributed by atoms with E-state index in [0.29, 0.717) is 6.04 Å². The van der Waals surface area contributed by atoms with Crippen molar-refractivity contribution < 1.29 is 4.79 Å². The zero-order valence-corrected chi connectivity index (χ0v) is 12.0. The van der Waals surface area contributed by atoms with Gasteiger partial charge < -0.3 is 10.6 Å². The number of carbonyl (C=O) groups excluding carboxylic acids is 1. The lowest BCUT2D eigenvalue weighted by atomic mass is 9.97. The predicted molar refractivity (Wildman–Crippen MR) is 81.8 cm³/mol. The van der Waals surface area contributed by atoms with Crippen LogP contribution in [0, 0.1) is 0 Å². The zero-order valence-electron chi connectivity index (χ0n) is 12.0. The molecule has 2 N–H and O–H groups in total. The molecule has 20 heavy (non-hydrogen) atoms. The van der Waals surface area contributed by atoms with E-state index < -0.39 is 0 Å². The highest BCUT2D eigenvalue weighted by Crippen LogP contribution is 2.25. The average molecular weight is 272 g/mol. The minimum atomic E-state index is -0.0619. The third-order valence-electron chi connectivity index (χ3n) is 4.57. The molecule has 1 aliphatic heterocycles. The van der Waals surface area contributed by atoms with Crippen LogP contribution < -0.4 is 10.6 Å². The van der Waals surface area contributed by atoms with Crippen molar-refractivity contribution in [2.45, 2.75) is 63.5 Å². The first-order valence-electron chi connectivity index (χ1n) is 7.98. The van der Waals surface area contributed by atoms with Gasteiger partial charge in [0.2, 0.25) is 5.91 Å². The third-order valence-corrected chi connectivity index (χ3v) is 4.57. The van der Waals surface area contributed by atoms with Gasteiger partial charge in [0, 0.05) is 11.7 Å². The van der Waals surface area contributed by atoms with Gasteiger partial charge in [-0.1, -0.05) is 43.9 Å². The normalized spacial score (nSPS) is 23.3. The lowest BCUT2D eigenvalue weighted by molar-refractivity contribution is -0.122. The molecule has 1 aromatic rings. The van der Waals surface area contributed by atoms with E-state index in [0.717, 1.165) is 31.4 Å². The number of nitrogens with one attached hydrogen (secondary N) is 2. The number of hydrogen-bond acceptors (Lipinski definition) is 2. The van der Waals surface area contributed by atoms with Crippen molar-refractivity contribution in [1.29, 1.82) is 0 Å². The van der Waals surface area contributed by atoms with Crippen LogP contribution in [0.4, 0.5) is 5.69 Å². The maximum atomic E-state index is 12.4. The summed E-state index contributed by atoms with van der Waals surface area (Å²) in [4.78, 5) is 12.4. The highest BCUT2D eigenvalue weighted by atomic mass is 16.2. The van der Waals surface area contributed by atoms with Gasteiger partial charge in [-0.15, -0.1) is 0 Å². The van der Waals surface area contributed by atoms with Crippen LogP contribution in [0.1, 0.15) is 50.5 Å². The minimum Gasteiger partial charge on any atom is -0.373 e. The van der Waals surface area contributed by atoms with Gasteiger partial charge in [-0.2, -0.15) is 0 Å². The Morgan fingerprint density at radius 1 is 1.05 bits per heavy atom. The van der Waals surface area contributed by atoms with Gasteiger partial charge in [0.25, 0.3) is 0 Å². The summed E-state index contributed by atoms with van der Waals surface area (Å²) in [5, 5.41) is 6.65. The molecule has 1 unspecified atom stereocenters. The highest BCUT2D eigenvalue weighted by Gasteiger charge is 2.25. The van der Waals surface area contributed by atoms with E-state index in [1.54, 1.807) is 0 Å². The largest absolute Gasteiger partial charge is 0.373 e. The van der Waals surface area contributed by atoms with E-state index in [1.165, 1.54) is 31.2 Å². The van der Waals surface area contributed by atoms with Crippen molar-refractivity contribution >= 4 is 11.6 Å². The lowest BCUT2D eigenvalue weighted by Gasteiger charge is -2.28. The van der Waals surface area contributed by atoms with E-state index in [9.17, 15) is 4.79 Å². The number of benzene rings is 1. The van der Waals surface area contributed by atoms with Gasteiger partial charge in [0.05, 0.1) is 0 Å². The second kappa shape index (κ2) is 6.29. The van der Waals surface area contributed by atoms with E-state index in [4.69, 9.17) is 0 Å². The third kappa shape index (κ3) is 3.14. The van der Waals surface area contributed by atoms with Crippen molar-refractivity contribution in [2.24, 2.45) is 0 Å².